The van der Waals surface area contributed by atoms with E-state index in [1.807, 2.05) is 0 Å². The van der Waals surface area contributed by atoms with Gasteiger partial charge in [0, 0.05) is 12.4 Å². The molecular formula is C12H8FN5O. The summed E-state index contributed by atoms with van der Waals surface area (Å²) < 4.78 is 17.9. The minimum atomic E-state index is -0.424. The number of aromatic nitrogens is 4. The summed E-state index contributed by atoms with van der Waals surface area (Å²) in [5.41, 5.74) is 7.16. The summed E-state index contributed by atoms with van der Waals surface area (Å²) in [5.74, 6) is 0.130. The molecule has 0 saturated heterocycles. The zero-order chi connectivity index (χ0) is 13.2. The van der Waals surface area contributed by atoms with Crippen LogP contribution in [0, 0.1) is 5.82 Å². The summed E-state index contributed by atoms with van der Waals surface area (Å²) in [6.45, 7) is 0. The number of rotatable bonds is 2. The number of anilines is 1. The Kier molecular flexibility index (Phi) is 2.64. The second-order valence-corrected chi connectivity index (χ2v) is 3.79. The van der Waals surface area contributed by atoms with Crippen molar-refractivity contribution in [3.05, 3.63) is 42.6 Å². The largest absolute Gasteiger partial charge is 0.397 e. The topological polar surface area (TPSA) is 90.7 Å². The highest BCUT2D eigenvalue weighted by Crippen LogP contribution is 2.21. The Labute approximate surface area is 107 Å². The fourth-order valence-corrected chi connectivity index (χ4v) is 1.53. The molecule has 3 aromatic heterocycles. The average Bonchev–Trinajstić information content (AvgIpc) is 2.89. The fourth-order valence-electron chi connectivity index (χ4n) is 1.53. The van der Waals surface area contributed by atoms with Crippen molar-refractivity contribution in [1.29, 1.82) is 0 Å². The van der Waals surface area contributed by atoms with Gasteiger partial charge in [0.2, 0.25) is 5.82 Å². The molecular weight excluding hydrogens is 249 g/mol. The lowest BCUT2D eigenvalue weighted by molar-refractivity contribution is 0.432. The second-order valence-electron chi connectivity index (χ2n) is 3.79. The summed E-state index contributed by atoms with van der Waals surface area (Å²) >= 11 is 0. The Balaban J connectivity index is 1.97. The van der Waals surface area contributed by atoms with Crippen LogP contribution in [0.2, 0.25) is 0 Å². The van der Waals surface area contributed by atoms with E-state index in [0.29, 0.717) is 16.9 Å². The van der Waals surface area contributed by atoms with Crippen molar-refractivity contribution >= 4 is 5.69 Å². The Morgan fingerprint density at radius 3 is 2.79 bits per heavy atom. The molecule has 7 heteroatoms. The molecule has 0 aliphatic rings. The molecule has 0 amide bonds. The Bertz CT molecular complexity index is 710. The van der Waals surface area contributed by atoms with E-state index in [4.69, 9.17) is 10.3 Å². The van der Waals surface area contributed by atoms with E-state index in [9.17, 15) is 4.39 Å². The Morgan fingerprint density at radius 2 is 2.05 bits per heavy atom. The van der Waals surface area contributed by atoms with E-state index in [1.165, 1.54) is 18.3 Å². The van der Waals surface area contributed by atoms with Gasteiger partial charge in [-0.2, -0.15) is 4.98 Å². The smallest absolute Gasteiger partial charge is 0.259 e. The standard InChI is InChI=1S/C12H8FN5O/c13-8-1-2-10(16-5-8)11-17-12(19-18-11)7-3-9(14)6-15-4-7/h1-6H,14H2. The highest BCUT2D eigenvalue weighted by Gasteiger charge is 2.12. The summed E-state index contributed by atoms with van der Waals surface area (Å²) in [4.78, 5) is 12.0. The maximum Gasteiger partial charge on any atom is 0.259 e. The molecule has 0 bridgehead atoms. The number of hydrogen-bond acceptors (Lipinski definition) is 6. The van der Waals surface area contributed by atoms with Gasteiger partial charge in [0.25, 0.3) is 5.89 Å². The lowest BCUT2D eigenvalue weighted by Crippen LogP contribution is -1.88. The molecule has 2 N–H and O–H groups in total. The molecule has 0 spiro atoms. The number of nitrogen functional groups attached to an aromatic ring is 1. The SMILES string of the molecule is Nc1cncc(-c2nc(-c3ccc(F)cn3)no2)c1. The van der Waals surface area contributed by atoms with Crippen LogP contribution < -0.4 is 5.73 Å². The Morgan fingerprint density at radius 1 is 1.16 bits per heavy atom. The second kappa shape index (κ2) is 4.45. The van der Waals surface area contributed by atoms with E-state index in [-0.39, 0.29) is 11.7 Å². The molecule has 3 heterocycles. The molecule has 0 saturated carbocycles. The van der Waals surface area contributed by atoms with Gasteiger partial charge in [-0.05, 0) is 18.2 Å². The summed E-state index contributed by atoms with van der Waals surface area (Å²) in [5, 5.41) is 3.78. The third kappa shape index (κ3) is 2.25. The highest BCUT2D eigenvalue weighted by atomic mass is 19.1. The Hall–Kier alpha value is -2.83. The minimum Gasteiger partial charge on any atom is -0.397 e. The van der Waals surface area contributed by atoms with Gasteiger partial charge in [-0.1, -0.05) is 5.16 Å². The van der Waals surface area contributed by atoms with Crippen molar-refractivity contribution in [2.75, 3.05) is 5.73 Å². The van der Waals surface area contributed by atoms with Crippen molar-refractivity contribution < 1.29 is 8.91 Å². The van der Waals surface area contributed by atoms with E-state index >= 15 is 0 Å². The van der Waals surface area contributed by atoms with E-state index < -0.39 is 5.82 Å². The molecule has 0 fully saturated rings. The van der Waals surface area contributed by atoms with Crippen LogP contribution in [0.4, 0.5) is 10.1 Å². The molecule has 6 nitrogen and oxygen atoms in total. The zero-order valence-electron chi connectivity index (χ0n) is 9.62. The monoisotopic (exact) mass is 257 g/mol. The van der Waals surface area contributed by atoms with Crippen LogP contribution in [0.3, 0.4) is 0 Å². The molecule has 0 radical (unpaired) electrons. The minimum absolute atomic E-state index is 0.275. The first-order valence-electron chi connectivity index (χ1n) is 5.39. The maximum atomic E-state index is 12.8. The maximum absolute atomic E-state index is 12.8. The average molecular weight is 257 g/mol. The molecule has 94 valence electrons. The van der Waals surface area contributed by atoms with Crippen molar-refractivity contribution in [2.45, 2.75) is 0 Å². The third-order valence-corrected chi connectivity index (χ3v) is 2.39. The summed E-state index contributed by atoms with van der Waals surface area (Å²) in [6, 6.07) is 4.42. The van der Waals surface area contributed by atoms with Crippen LogP contribution in [-0.4, -0.2) is 20.1 Å². The lowest BCUT2D eigenvalue weighted by Gasteiger charge is -1.94. The predicted octanol–water partition coefficient (Wildman–Crippen LogP) is 1.91. The molecule has 0 aromatic carbocycles. The number of nitrogens with zero attached hydrogens (tertiary/aromatic N) is 4. The molecule has 0 aliphatic heterocycles. The number of nitrogens with two attached hydrogens (primary N) is 1. The first-order valence-corrected chi connectivity index (χ1v) is 5.39. The van der Waals surface area contributed by atoms with Crippen molar-refractivity contribution in [3.63, 3.8) is 0 Å². The normalized spacial score (nSPS) is 10.6. The van der Waals surface area contributed by atoms with Crippen LogP contribution >= 0.6 is 0 Å². The van der Waals surface area contributed by atoms with Gasteiger partial charge in [-0.25, -0.2) is 9.37 Å². The quantitative estimate of drug-likeness (QED) is 0.754. The first-order chi connectivity index (χ1) is 9.22. The van der Waals surface area contributed by atoms with E-state index in [0.717, 1.165) is 6.20 Å². The molecule has 3 rings (SSSR count). The van der Waals surface area contributed by atoms with Crippen LogP contribution in [0.15, 0.2) is 41.3 Å². The fraction of sp³-hybridized carbons (Fsp3) is 0. The van der Waals surface area contributed by atoms with Gasteiger partial charge in [0.05, 0.1) is 17.4 Å². The van der Waals surface area contributed by atoms with Crippen molar-refractivity contribution in [1.82, 2.24) is 20.1 Å². The van der Waals surface area contributed by atoms with Crippen molar-refractivity contribution in [2.24, 2.45) is 0 Å². The van der Waals surface area contributed by atoms with Gasteiger partial charge >= 0.3 is 0 Å². The van der Waals surface area contributed by atoms with Crippen LogP contribution in [0.1, 0.15) is 0 Å². The first kappa shape index (κ1) is 11.3. The van der Waals surface area contributed by atoms with Crippen LogP contribution in [0.25, 0.3) is 23.0 Å². The number of pyridine rings is 2. The zero-order valence-corrected chi connectivity index (χ0v) is 9.62. The molecule has 3 aromatic rings. The van der Waals surface area contributed by atoms with Crippen LogP contribution in [-0.2, 0) is 0 Å². The number of hydrogen-bond donors (Lipinski definition) is 1. The van der Waals surface area contributed by atoms with Crippen LogP contribution in [0.5, 0.6) is 0 Å². The predicted molar refractivity (Wildman–Crippen MR) is 65.1 cm³/mol. The van der Waals surface area contributed by atoms with E-state index in [1.54, 1.807) is 12.3 Å². The molecule has 19 heavy (non-hydrogen) atoms. The van der Waals surface area contributed by atoms with Gasteiger partial charge in [0.1, 0.15) is 11.5 Å². The molecule has 0 atom stereocenters. The van der Waals surface area contributed by atoms with Gasteiger partial charge in [-0.3, -0.25) is 4.98 Å². The van der Waals surface area contributed by atoms with E-state index in [2.05, 4.69) is 20.1 Å². The molecule has 0 unspecified atom stereocenters. The summed E-state index contributed by atoms with van der Waals surface area (Å²) in [7, 11) is 0. The van der Waals surface area contributed by atoms with Crippen molar-refractivity contribution in [3.8, 4) is 23.0 Å². The van der Waals surface area contributed by atoms with Gasteiger partial charge < -0.3 is 10.3 Å². The highest BCUT2D eigenvalue weighted by molar-refractivity contribution is 5.59. The number of halogens is 1. The third-order valence-electron chi connectivity index (χ3n) is 2.39. The lowest BCUT2D eigenvalue weighted by atomic mass is 10.2. The summed E-state index contributed by atoms with van der Waals surface area (Å²) in [6.07, 6.45) is 4.17. The van der Waals surface area contributed by atoms with Gasteiger partial charge in [0.15, 0.2) is 0 Å². The molecule has 0 aliphatic carbocycles. The van der Waals surface area contributed by atoms with Gasteiger partial charge in [-0.15, -0.1) is 0 Å².